The van der Waals surface area contributed by atoms with Crippen LogP contribution in [0.1, 0.15) is 46.8 Å². The number of benzene rings is 2. The van der Waals surface area contributed by atoms with Gasteiger partial charge in [0.2, 0.25) is 0 Å². The third-order valence-electron chi connectivity index (χ3n) is 4.75. The molecule has 0 aliphatic rings. The van der Waals surface area contributed by atoms with Crippen LogP contribution in [0.25, 0.3) is 12.2 Å². The summed E-state index contributed by atoms with van der Waals surface area (Å²) in [5.74, 6) is -1.35. The van der Waals surface area contributed by atoms with Gasteiger partial charge in [-0.3, -0.25) is 14.4 Å². The largest absolute Gasteiger partial charge is 0.508 e. The van der Waals surface area contributed by atoms with Crippen molar-refractivity contribution in [1.82, 2.24) is 0 Å². The Morgan fingerprint density at radius 2 is 1.58 bits per heavy atom. The number of phenols is 2. The fourth-order valence-corrected chi connectivity index (χ4v) is 2.94. The Morgan fingerprint density at radius 3 is 2.21 bits per heavy atom. The zero-order valence-corrected chi connectivity index (χ0v) is 18.4. The van der Waals surface area contributed by atoms with Crippen molar-refractivity contribution >= 4 is 30.2 Å². The summed E-state index contributed by atoms with van der Waals surface area (Å²) < 4.78 is 4.90. The van der Waals surface area contributed by atoms with E-state index in [1.54, 1.807) is 32.1 Å². The number of ether oxygens (including phenoxy) is 1. The van der Waals surface area contributed by atoms with Crippen molar-refractivity contribution in [3.8, 4) is 11.5 Å². The molecule has 7 nitrogen and oxygen atoms in total. The summed E-state index contributed by atoms with van der Waals surface area (Å²) in [7, 11) is 0. The highest BCUT2D eigenvalue weighted by Gasteiger charge is 2.14. The summed E-state index contributed by atoms with van der Waals surface area (Å²) >= 11 is 0. The number of aliphatic hydroxyl groups is 1. The van der Waals surface area contributed by atoms with E-state index in [0.29, 0.717) is 23.0 Å². The van der Waals surface area contributed by atoms with Gasteiger partial charge in [-0.25, -0.2) is 0 Å². The number of ketones is 1. The van der Waals surface area contributed by atoms with Gasteiger partial charge in [-0.15, -0.1) is 0 Å². The molecule has 0 spiro atoms. The Bertz CT molecular complexity index is 1120. The van der Waals surface area contributed by atoms with Crippen LogP contribution >= 0.6 is 0 Å². The zero-order valence-electron chi connectivity index (χ0n) is 18.4. The molecule has 0 aliphatic carbocycles. The Kier molecular flexibility index (Phi) is 9.17. The van der Waals surface area contributed by atoms with Crippen LogP contribution in [-0.2, 0) is 14.3 Å². The van der Waals surface area contributed by atoms with Crippen LogP contribution in [0.5, 0.6) is 11.5 Å². The first-order chi connectivity index (χ1) is 15.7. The van der Waals surface area contributed by atoms with E-state index < -0.39 is 11.8 Å². The molecule has 0 amide bonds. The molecule has 2 rings (SSSR count). The van der Waals surface area contributed by atoms with Gasteiger partial charge < -0.3 is 20.1 Å². The number of carbonyl (C=O) groups is 3. The van der Waals surface area contributed by atoms with Crippen molar-refractivity contribution in [2.45, 2.75) is 26.7 Å². The van der Waals surface area contributed by atoms with Crippen LogP contribution < -0.4 is 0 Å². The molecule has 0 aromatic heterocycles. The third kappa shape index (κ3) is 7.50. The van der Waals surface area contributed by atoms with Gasteiger partial charge in [0.1, 0.15) is 17.3 Å². The molecule has 2 aromatic rings. The Balaban J connectivity index is 2.31. The number of allylic oxidation sites excluding steroid dienone is 3. The van der Waals surface area contributed by atoms with E-state index in [4.69, 9.17) is 4.74 Å². The van der Waals surface area contributed by atoms with E-state index in [9.17, 15) is 29.7 Å². The van der Waals surface area contributed by atoms with Crippen LogP contribution in [-0.4, -0.2) is 40.0 Å². The number of aromatic hydroxyl groups is 2. The number of rotatable bonds is 10. The number of aryl methyl sites for hydroxylation is 1. The summed E-state index contributed by atoms with van der Waals surface area (Å²) in [6, 6.07) is 9.18. The molecule has 3 N–H and O–H groups in total. The number of hydrogen-bond acceptors (Lipinski definition) is 7. The van der Waals surface area contributed by atoms with E-state index in [1.807, 2.05) is 0 Å². The second kappa shape index (κ2) is 12.0. The SMILES string of the molecule is CCOC(=O)CC/C(C(=O)/C=C/c1ccc(O)c(C=O)c1)=C(O)\C=C\c1ccc(O)c(C)c1. The minimum atomic E-state index is -0.524. The lowest BCUT2D eigenvalue weighted by Crippen LogP contribution is -2.08. The smallest absolute Gasteiger partial charge is 0.306 e. The monoisotopic (exact) mass is 450 g/mol. The lowest BCUT2D eigenvalue weighted by atomic mass is 10.0. The molecule has 7 heteroatoms. The van der Waals surface area contributed by atoms with E-state index in [-0.39, 0.29) is 47.8 Å². The molecule has 0 fully saturated rings. The second-order valence-corrected chi connectivity index (χ2v) is 7.18. The highest BCUT2D eigenvalue weighted by molar-refractivity contribution is 6.07. The summed E-state index contributed by atoms with van der Waals surface area (Å²) in [6.07, 6.45) is 5.97. The van der Waals surface area contributed by atoms with Crippen LogP contribution in [0, 0.1) is 6.92 Å². The van der Waals surface area contributed by atoms with E-state index in [1.165, 1.54) is 42.5 Å². The van der Waals surface area contributed by atoms with Gasteiger partial charge in [-0.1, -0.05) is 24.3 Å². The lowest BCUT2D eigenvalue weighted by molar-refractivity contribution is -0.143. The molecule has 0 saturated heterocycles. The molecule has 33 heavy (non-hydrogen) atoms. The topological polar surface area (TPSA) is 121 Å². The summed E-state index contributed by atoms with van der Waals surface area (Å²) in [4.78, 5) is 35.6. The highest BCUT2D eigenvalue weighted by atomic mass is 16.5. The Morgan fingerprint density at radius 1 is 0.939 bits per heavy atom. The molecule has 0 unspecified atom stereocenters. The molecular weight excluding hydrogens is 424 g/mol. The van der Waals surface area contributed by atoms with Crippen LogP contribution in [0.15, 0.2) is 59.9 Å². The van der Waals surface area contributed by atoms with Crippen molar-refractivity contribution in [3.63, 3.8) is 0 Å². The molecule has 0 aliphatic heterocycles. The Hall–Kier alpha value is -4.13. The summed E-state index contributed by atoms with van der Waals surface area (Å²) in [5.41, 5.74) is 1.96. The van der Waals surface area contributed by atoms with Crippen molar-refractivity contribution < 1.29 is 34.4 Å². The molecule has 0 radical (unpaired) electrons. The third-order valence-corrected chi connectivity index (χ3v) is 4.75. The fraction of sp³-hybridized carbons (Fsp3) is 0.192. The van der Waals surface area contributed by atoms with Gasteiger partial charge >= 0.3 is 5.97 Å². The fourth-order valence-electron chi connectivity index (χ4n) is 2.94. The van der Waals surface area contributed by atoms with Crippen LogP contribution in [0.2, 0.25) is 0 Å². The van der Waals surface area contributed by atoms with E-state index in [2.05, 4.69) is 0 Å². The van der Waals surface area contributed by atoms with Gasteiger partial charge in [-0.05, 0) is 73.4 Å². The summed E-state index contributed by atoms with van der Waals surface area (Å²) in [6.45, 7) is 3.62. The molecule has 0 atom stereocenters. The average molecular weight is 450 g/mol. The standard InChI is InChI=1S/C26H26O7/c1-3-33-26(32)13-8-21(24(30)11-6-18-4-9-22(28)17(2)14-18)25(31)12-7-19-5-10-23(29)20(15-19)16-27/h4-7,9-12,14-16,28-30H,3,8,13H2,1-2H3/b11-6+,12-7+,24-21-. The first-order valence-corrected chi connectivity index (χ1v) is 10.3. The number of aldehydes is 1. The maximum Gasteiger partial charge on any atom is 0.306 e. The predicted molar refractivity (Wildman–Crippen MR) is 125 cm³/mol. The molecule has 0 bridgehead atoms. The predicted octanol–water partition coefficient (Wildman–Crippen LogP) is 4.67. The minimum absolute atomic E-state index is 0.0143. The molecular formula is C26H26O7. The first kappa shape index (κ1) is 25.1. The minimum Gasteiger partial charge on any atom is -0.508 e. The normalized spacial score (nSPS) is 12.1. The summed E-state index contributed by atoms with van der Waals surface area (Å²) in [5, 5.41) is 29.8. The zero-order chi connectivity index (χ0) is 24.4. The molecule has 0 heterocycles. The second-order valence-electron chi connectivity index (χ2n) is 7.18. The van der Waals surface area contributed by atoms with Gasteiger partial charge in [0, 0.05) is 12.0 Å². The van der Waals surface area contributed by atoms with Gasteiger partial charge in [0.15, 0.2) is 12.1 Å². The van der Waals surface area contributed by atoms with Crippen molar-refractivity contribution in [2.75, 3.05) is 6.61 Å². The average Bonchev–Trinajstić information content (AvgIpc) is 2.79. The van der Waals surface area contributed by atoms with Gasteiger partial charge in [0.25, 0.3) is 0 Å². The van der Waals surface area contributed by atoms with Gasteiger partial charge in [-0.2, -0.15) is 0 Å². The quantitative estimate of drug-likeness (QED) is 0.158. The van der Waals surface area contributed by atoms with Crippen LogP contribution in [0.4, 0.5) is 0 Å². The van der Waals surface area contributed by atoms with E-state index in [0.717, 1.165) is 0 Å². The van der Waals surface area contributed by atoms with Crippen molar-refractivity contribution in [2.24, 2.45) is 0 Å². The maximum absolute atomic E-state index is 12.8. The Labute approximate surface area is 192 Å². The number of aliphatic hydroxyl groups excluding tert-OH is 1. The lowest BCUT2D eigenvalue weighted by Gasteiger charge is -2.07. The first-order valence-electron chi connectivity index (χ1n) is 10.3. The molecule has 0 saturated carbocycles. The van der Waals surface area contributed by atoms with Crippen LogP contribution in [0.3, 0.4) is 0 Å². The molecule has 172 valence electrons. The number of esters is 1. The number of phenolic OH excluding ortho intramolecular Hbond substituents is 2. The molecule has 2 aromatic carbocycles. The highest BCUT2D eigenvalue weighted by Crippen LogP contribution is 2.21. The van der Waals surface area contributed by atoms with E-state index >= 15 is 0 Å². The maximum atomic E-state index is 12.8. The number of hydrogen-bond donors (Lipinski definition) is 3. The van der Waals surface area contributed by atoms with Crippen molar-refractivity contribution in [1.29, 1.82) is 0 Å². The van der Waals surface area contributed by atoms with Gasteiger partial charge in [0.05, 0.1) is 12.2 Å². The number of carbonyl (C=O) groups excluding carboxylic acids is 3. The van der Waals surface area contributed by atoms with Crippen molar-refractivity contribution in [3.05, 3.63) is 82.1 Å².